The lowest BCUT2D eigenvalue weighted by molar-refractivity contribution is 0.543. The van der Waals surface area contributed by atoms with E-state index in [4.69, 9.17) is 5.73 Å². The van der Waals surface area contributed by atoms with Crippen LogP contribution in [-0.2, 0) is 13.1 Å². The van der Waals surface area contributed by atoms with Crippen molar-refractivity contribution in [2.45, 2.75) is 26.1 Å². The maximum atomic E-state index is 13.1. The number of halogens is 1. The zero-order valence-corrected chi connectivity index (χ0v) is 10.2. The van der Waals surface area contributed by atoms with Crippen LogP contribution in [0.25, 0.3) is 0 Å². The average Bonchev–Trinajstić information content (AvgIpc) is 2.70. The summed E-state index contributed by atoms with van der Waals surface area (Å²) in [5.74, 6) is -0.318. The van der Waals surface area contributed by atoms with Gasteiger partial charge in [0.1, 0.15) is 5.82 Å². The molecule has 0 bridgehead atoms. The molecule has 18 heavy (non-hydrogen) atoms. The number of aryl methyl sites for hydroxylation is 1. The van der Waals surface area contributed by atoms with Crippen LogP contribution in [0.5, 0.6) is 0 Å². The molecule has 2 N–H and O–H groups in total. The van der Waals surface area contributed by atoms with Gasteiger partial charge in [0.25, 0.3) is 0 Å². The molecule has 0 saturated heterocycles. The van der Waals surface area contributed by atoms with E-state index < -0.39 is 6.04 Å². The Hall–Kier alpha value is -1.88. The molecule has 5 heteroatoms. The first-order valence-electron chi connectivity index (χ1n) is 5.88. The summed E-state index contributed by atoms with van der Waals surface area (Å²) in [7, 11) is 0. The van der Waals surface area contributed by atoms with Crippen LogP contribution in [0.1, 0.15) is 18.5 Å². The maximum Gasteiger partial charge on any atom is 0.328 e. The SMILES string of the molecule is CCn1ccn(CC(N)c2cccc(F)c2)c1=O. The number of hydrogen-bond acceptors (Lipinski definition) is 2. The molecule has 0 saturated carbocycles. The maximum absolute atomic E-state index is 13.1. The summed E-state index contributed by atoms with van der Waals surface area (Å²) in [6, 6.07) is 5.74. The largest absolute Gasteiger partial charge is 0.328 e. The third kappa shape index (κ3) is 2.51. The number of benzene rings is 1. The van der Waals surface area contributed by atoms with Gasteiger partial charge in [0.15, 0.2) is 0 Å². The van der Waals surface area contributed by atoms with Crippen molar-refractivity contribution in [3.63, 3.8) is 0 Å². The molecule has 2 rings (SSSR count). The van der Waals surface area contributed by atoms with Crippen molar-refractivity contribution in [3.8, 4) is 0 Å². The normalized spacial score (nSPS) is 12.6. The Labute approximate surface area is 104 Å². The Bertz CT molecular complexity index is 588. The number of nitrogens with zero attached hydrogens (tertiary/aromatic N) is 2. The molecule has 0 aliphatic rings. The lowest BCUT2D eigenvalue weighted by atomic mass is 10.1. The van der Waals surface area contributed by atoms with E-state index in [0.29, 0.717) is 18.7 Å². The average molecular weight is 249 g/mol. The predicted molar refractivity (Wildman–Crippen MR) is 67.7 cm³/mol. The Morgan fingerprint density at radius 1 is 1.33 bits per heavy atom. The van der Waals surface area contributed by atoms with Crippen LogP contribution in [0, 0.1) is 5.82 Å². The third-order valence-corrected chi connectivity index (χ3v) is 2.93. The second-order valence-electron chi connectivity index (χ2n) is 4.18. The number of aromatic nitrogens is 2. The van der Waals surface area contributed by atoms with Crippen LogP contribution in [-0.4, -0.2) is 9.13 Å². The molecule has 2 aromatic rings. The van der Waals surface area contributed by atoms with Gasteiger partial charge in [-0.1, -0.05) is 12.1 Å². The van der Waals surface area contributed by atoms with Gasteiger partial charge < -0.3 is 5.73 Å². The summed E-state index contributed by atoms with van der Waals surface area (Å²) in [6.07, 6.45) is 3.42. The van der Waals surface area contributed by atoms with Crippen LogP contribution in [0.3, 0.4) is 0 Å². The topological polar surface area (TPSA) is 52.9 Å². The minimum atomic E-state index is -0.397. The monoisotopic (exact) mass is 249 g/mol. The molecule has 1 aromatic heterocycles. The van der Waals surface area contributed by atoms with Gasteiger partial charge in [-0.15, -0.1) is 0 Å². The van der Waals surface area contributed by atoms with E-state index >= 15 is 0 Å². The van der Waals surface area contributed by atoms with Gasteiger partial charge in [-0.05, 0) is 24.6 Å². The first-order valence-corrected chi connectivity index (χ1v) is 5.88. The first-order chi connectivity index (χ1) is 8.61. The van der Waals surface area contributed by atoms with Crippen molar-refractivity contribution in [1.82, 2.24) is 9.13 Å². The highest BCUT2D eigenvalue weighted by molar-refractivity contribution is 5.19. The molecule has 1 heterocycles. The molecule has 0 aliphatic carbocycles. The van der Waals surface area contributed by atoms with E-state index in [1.165, 1.54) is 12.1 Å². The summed E-state index contributed by atoms with van der Waals surface area (Å²) in [5, 5.41) is 0. The molecule has 0 amide bonds. The standard InChI is InChI=1S/C13H16FN3O/c1-2-16-6-7-17(13(16)18)9-12(15)10-4-3-5-11(14)8-10/h3-8,12H,2,9,15H2,1H3. The molecule has 0 spiro atoms. The zero-order chi connectivity index (χ0) is 13.1. The fourth-order valence-electron chi connectivity index (χ4n) is 1.89. The van der Waals surface area contributed by atoms with Gasteiger partial charge in [0.05, 0.1) is 0 Å². The van der Waals surface area contributed by atoms with Crippen molar-refractivity contribution >= 4 is 0 Å². The summed E-state index contributed by atoms with van der Waals surface area (Å²) < 4.78 is 16.2. The molecule has 0 aliphatic heterocycles. The van der Waals surface area contributed by atoms with Crippen molar-refractivity contribution in [2.24, 2.45) is 5.73 Å². The van der Waals surface area contributed by atoms with E-state index in [0.717, 1.165) is 0 Å². The van der Waals surface area contributed by atoms with E-state index in [-0.39, 0.29) is 11.5 Å². The summed E-state index contributed by atoms with van der Waals surface area (Å²) in [6.45, 7) is 2.87. The van der Waals surface area contributed by atoms with E-state index in [9.17, 15) is 9.18 Å². The van der Waals surface area contributed by atoms with Crippen LogP contribution < -0.4 is 11.4 Å². The smallest absolute Gasteiger partial charge is 0.322 e. The molecule has 96 valence electrons. The van der Waals surface area contributed by atoms with Crippen molar-refractivity contribution in [1.29, 1.82) is 0 Å². The van der Waals surface area contributed by atoms with Gasteiger partial charge in [0, 0.05) is 31.5 Å². The Morgan fingerprint density at radius 2 is 2.06 bits per heavy atom. The fraction of sp³-hybridized carbons (Fsp3) is 0.308. The zero-order valence-electron chi connectivity index (χ0n) is 10.2. The molecule has 0 radical (unpaired) electrons. The molecule has 1 atom stereocenters. The molecular weight excluding hydrogens is 233 g/mol. The molecule has 4 nitrogen and oxygen atoms in total. The van der Waals surface area contributed by atoms with Crippen LogP contribution >= 0.6 is 0 Å². The van der Waals surface area contributed by atoms with Gasteiger partial charge in [0.2, 0.25) is 0 Å². The first kappa shape index (κ1) is 12.6. The lowest BCUT2D eigenvalue weighted by Crippen LogP contribution is -2.28. The van der Waals surface area contributed by atoms with Gasteiger partial charge in [-0.2, -0.15) is 0 Å². The second-order valence-corrected chi connectivity index (χ2v) is 4.18. The van der Waals surface area contributed by atoms with E-state index in [1.807, 2.05) is 6.92 Å². The Morgan fingerprint density at radius 3 is 2.67 bits per heavy atom. The van der Waals surface area contributed by atoms with E-state index in [1.54, 1.807) is 33.7 Å². The summed E-state index contributed by atoms with van der Waals surface area (Å²) >= 11 is 0. The molecule has 0 fully saturated rings. The second kappa shape index (κ2) is 5.18. The van der Waals surface area contributed by atoms with Gasteiger partial charge in [-0.25, -0.2) is 9.18 Å². The summed E-state index contributed by atoms with van der Waals surface area (Å²) in [4.78, 5) is 11.8. The third-order valence-electron chi connectivity index (χ3n) is 2.93. The Kier molecular flexibility index (Phi) is 3.62. The quantitative estimate of drug-likeness (QED) is 0.893. The van der Waals surface area contributed by atoms with Crippen LogP contribution in [0.4, 0.5) is 4.39 Å². The van der Waals surface area contributed by atoms with Crippen molar-refractivity contribution in [3.05, 3.63) is 58.5 Å². The highest BCUT2D eigenvalue weighted by atomic mass is 19.1. The van der Waals surface area contributed by atoms with Crippen LogP contribution in [0.15, 0.2) is 41.5 Å². The van der Waals surface area contributed by atoms with Gasteiger partial charge in [-0.3, -0.25) is 9.13 Å². The number of hydrogen-bond donors (Lipinski definition) is 1. The lowest BCUT2D eigenvalue weighted by Gasteiger charge is -2.12. The number of imidazole rings is 1. The van der Waals surface area contributed by atoms with Gasteiger partial charge >= 0.3 is 5.69 Å². The molecular formula is C13H16FN3O. The molecule has 1 unspecified atom stereocenters. The minimum absolute atomic E-state index is 0.0932. The number of rotatable bonds is 4. The van der Waals surface area contributed by atoms with E-state index in [2.05, 4.69) is 0 Å². The van der Waals surface area contributed by atoms with Crippen molar-refractivity contribution in [2.75, 3.05) is 0 Å². The van der Waals surface area contributed by atoms with Crippen LogP contribution in [0.2, 0.25) is 0 Å². The fourth-order valence-corrected chi connectivity index (χ4v) is 1.89. The minimum Gasteiger partial charge on any atom is -0.322 e. The number of nitrogens with two attached hydrogens (primary N) is 1. The Balaban J connectivity index is 2.18. The molecule has 1 aromatic carbocycles. The van der Waals surface area contributed by atoms with Crippen molar-refractivity contribution < 1.29 is 4.39 Å². The highest BCUT2D eigenvalue weighted by Gasteiger charge is 2.10. The predicted octanol–water partition coefficient (Wildman–Crippen LogP) is 1.51. The highest BCUT2D eigenvalue weighted by Crippen LogP contribution is 2.13. The summed E-state index contributed by atoms with van der Waals surface area (Å²) in [5.41, 5.74) is 6.57.